The van der Waals surface area contributed by atoms with E-state index in [-0.39, 0.29) is 11.8 Å². The molecule has 4 rings (SSSR count). The first-order valence-corrected chi connectivity index (χ1v) is 9.82. The maximum Gasteiger partial charge on any atom is 0.291 e. The molecular weight excluding hydrogens is 340 g/mol. The average Bonchev–Trinajstić information content (AvgIpc) is 3.33. The Morgan fingerprint density at radius 1 is 1.04 bits per heavy atom. The number of imidazole rings is 1. The van der Waals surface area contributed by atoms with Crippen molar-refractivity contribution in [3.8, 4) is 0 Å². The highest BCUT2D eigenvalue weighted by molar-refractivity contribution is 6.04. The number of hydrogen-bond acceptors (Lipinski definition) is 3. The molecule has 0 unspecified atom stereocenters. The molecule has 0 bridgehead atoms. The summed E-state index contributed by atoms with van der Waals surface area (Å²) in [5.74, 6) is 0.0874. The van der Waals surface area contributed by atoms with E-state index in [0.717, 1.165) is 74.2 Å². The number of carbonyl (C=O) groups excluding carboxylic acids is 2. The number of nitrogens with zero attached hydrogens (tertiary/aromatic N) is 3. The van der Waals surface area contributed by atoms with E-state index in [9.17, 15) is 9.59 Å². The van der Waals surface area contributed by atoms with Gasteiger partial charge in [0.1, 0.15) is 5.69 Å². The van der Waals surface area contributed by atoms with Gasteiger partial charge in [-0.05, 0) is 63.1 Å². The minimum Gasteiger partial charge on any atom is -0.337 e. The second kappa shape index (κ2) is 7.18. The zero-order valence-corrected chi connectivity index (χ0v) is 16.0. The van der Waals surface area contributed by atoms with Crippen molar-refractivity contribution in [2.24, 2.45) is 0 Å². The van der Waals surface area contributed by atoms with Gasteiger partial charge in [-0.1, -0.05) is 12.1 Å². The zero-order valence-electron chi connectivity index (χ0n) is 16.0. The molecule has 1 N–H and O–H groups in total. The second-order valence-electron chi connectivity index (χ2n) is 7.54. The number of amides is 2. The number of benzene rings is 1. The SMILES string of the molecule is Cc1cccc(NC(=O)c2nc(C(=O)N3CCCC3)c3n2CCCC3)c1C. The van der Waals surface area contributed by atoms with Crippen molar-refractivity contribution >= 4 is 17.5 Å². The van der Waals surface area contributed by atoms with Crippen LogP contribution in [0.4, 0.5) is 5.69 Å². The molecule has 142 valence electrons. The fraction of sp³-hybridized carbons (Fsp3) is 0.476. The number of anilines is 1. The Balaban J connectivity index is 1.67. The van der Waals surface area contributed by atoms with Crippen LogP contribution in [0.3, 0.4) is 0 Å². The van der Waals surface area contributed by atoms with Gasteiger partial charge in [-0.3, -0.25) is 9.59 Å². The van der Waals surface area contributed by atoms with Crippen molar-refractivity contribution in [3.05, 3.63) is 46.5 Å². The van der Waals surface area contributed by atoms with Crippen LogP contribution in [-0.4, -0.2) is 39.4 Å². The molecule has 0 saturated carbocycles. The summed E-state index contributed by atoms with van der Waals surface area (Å²) >= 11 is 0. The van der Waals surface area contributed by atoms with Gasteiger partial charge in [0.25, 0.3) is 11.8 Å². The van der Waals surface area contributed by atoms with Gasteiger partial charge in [0.2, 0.25) is 0 Å². The molecule has 27 heavy (non-hydrogen) atoms. The highest BCUT2D eigenvalue weighted by Gasteiger charge is 2.30. The van der Waals surface area contributed by atoms with Gasteiger partial charge in [0.05, 0.1) is 5.69 Å². The van der Waals surface area contributed by atoms with Gasteiger partial charge in [-0.15, -0.1) is 0 Å². The fourth-order valence-electron chi connectivity index (χ4n) is 4.02. The second-order valence-corrected chi connectivity index (χ2v) is 7.54. The minimum absolute atomic E-state index is 0.0241. The number of fused-ring (bicyclic) bond motifs is 1. The monoisotopic (exact) mass is 366 g/mol. The Morgan fingerprint density at radius 2 is 1.78 bits per heavy atom. The molecule has 2 aliphatic heterocycles. The Kier molecular flexibility index (Phi) is 4.72. The van der Waals surface area contributed by atoms with Crippen molar-refractivity contribution in [1.82, 2.24) is 14.5 Å². The summed E-state index contributed by atoms with van der Waals surface area (Å²) in [5, 5.41) is 2.99. The lowest BCUT2D eigenvalue weighted by Crippen LogP contribution is -2.29. The molecule has 3 heterocycles. The van der Waals surface area contributed by atoms with Crippen molar-refractivity contribution < 1.29 is 9.59 Å². The van der Waals surface area contributed by atoms with Crippen LogP contribution in [0.15, 0.2) is 18.2 Å². The predicted octanol–water partition coefficient (Wildman–Crippen LogP) is 3.32. The van der Waals surface area contributed by atoms with Crippen molar-refractivity contribution in [2.75, 3.05) is 18.4 Å². The molecule has 2 amide bonds. The summed E-state index contributed by atoms with van der Waals surface area (Å²) in [4.78, 5) is 32.3. The first-order valence-electron chi connectivity index (χ1n) is 9.82. The lowest BCUT2D eigenvalue weighted by molar-refractivity contribution is 0.0786. The van der Waals surface area contributed by atoms with E-state index < -0.39 is 0 Å². The Hall–Kier alpha value is -2.63. The van der Waals surface area contributed by atoms with Gasteiger partial charge < -0.3 is 14.8 Å². The third kappa shape index (κ3) is 3.24. The summed E-state index contributed by atoms with van der Waals surface area (Å²) in [6.07, 6.45) is 4.93. The predicted molar refractivity (Wildman–Crippen MR) is 104 cm³/mol. The van der Waals surface area contributed by atoms with Crippen molar-refractivity contribution in [2.45, 2.75) is 52.5 Å². The van der Waals surface area contributed by atoms with E-state index >= 15 is 0 Å². The molecule has 1 fully saturated rings. The third-order valence-electron chi connectivity index (χ3n) is 5.77. The van der Waals surface area contributed by atoms with Crippen LogP contribution in [0.1, 0.15) is 63.6 Å². The van der Waals surface area contributed by atoms with Gasteiger partial charge in [0.15, 0.2) is 5.82 Å². The van der Waals surface area contributed by atoms with E-state index in [1.54, 1.807) is 0 Å². The molecule has 6 nitrogen and oxygen atoms in total. The maximum atomic E-state index is 13.0. The maximum absolute atomic E-state index is 13.0. The van der Waals surface area contributed by atoms with E-state index in [0.29, 0.717) is 11.5 Å². The Labute approximate surface area is 159 Å². The molecular formula is C21H26N4O2. The quantitative estimate of drug-likeness (QED) is 0.906. The smallest absolute Gasteiger partial charge is 0.291 e. The van der Waals surface area contributed by atoms with Crippen LogP contribution in [0.2, 0.25) is 0 Å². The molecule has 0 aliphatic carbocycles. The van der Waals surface area contributed by atoms with Crippen molar-refractivity contribution in [3.63, 3.8) is 0 Å². The van der Waals surface area contributed by atoms with E-state index in [2.05, 4.69) is 10.3 Å². The zero-order chi connectivity index (χ0) is 19.0. The molecule has 1 aromatic carbocycles. The largest absolute Gasteiger partial charge is 0.337 e. The summed E-state index contributed by atoms with van der Waals surface area (Å²) in [7, 11) is 0. The van der Waals surface area contributed by atoms with Crippen LogP contribution in [0.25, 0.3) is 0 Å². The summed E-state index contributed by atoms with van der Waals surface area (Å²) < 4.78 is 1.95. The third-order valence-corrected chi connectivity index (χ3v) is 5.77. The molecule has 0 radical (unpaired) electrons. The number of aromatic nitrogens is 2. The molecule has 1 saturated heterocycles. The first kappa shape index (κ1) is 17.8. The molecule has 2 aromatic rings. The average molecular weight is 366 g/mol. The van der Waals surface area contributed by atoms with Gasteiger partial charge >= 0.3 is 0 Å². The highest BCUT2D eigenvalue weighted by Crippen LogP contribution is 2.25. The number of nitrogens with one attached hydrogen (secondary N) is 1. The standard InChI is InChI=1S/C21H26N4O2/c1-14-8-7-9-16(15(14)2)22-20(26)19-23-18(17-10-3-4-13-25(17)19)21(27)24-11-5-6-12-24/h7-9H,3-6,10-13H2,1-2H3,(H,22,26). The van der Waals surface area contributed by atoms with Crippen LogP contribution >= 0.6 is 0 Å². The lowest BCUT2D eigenvalue weighted by Gasteiger charge is -2.19. The summed E-state index contributed by atoms with van der Waals surface area (Å²) in [5.41, 5.74) is 4.36. The van der Waals surface area contributed by atoms with Crippen LogP contribution in [0, 0.1) is 13.8 Å². The molecule has 0 spiro atoms. The van der Waals surface area contributed by atoms with Crippen LogP contribution in [0.5, 0.6) is 0 Å². The topological polar surface area (TPSA) is 67.2 Å². The first-order chi connectivity index (χ1) is 13.1. The number of likely N-dealkylation sites (tertiary alicyclic amines) is 1. The molecule has 6 heteroatoms. The van der Waals surface area contributed by atoms with Gasteiger partial charge in [0, 0.05) is 25.3 Å². The number of rotatable bonds is 3. The fourth-order valence-corrected chi connectivity index (χ4v) is 4.02. The van der Waals surface area contributed by atoms with Crippen LogP contribution in [-0.2, 0) is 13.0 Å². The molecule has 2 aliphatic rings. The van der Waals surface area contributed by atoms with E-state index in [1.807, 2.05) is 41.5 Å². The summed E-state index contributed by atoms with van der Waals surface area (Å²) in [6, 6.07) is 5.85. The van der Waals surface area contributed by atoms with Crippen molar-refractivity contribution in [1.29, 1.82) is 0 Å². The van der Waals surface area contributed by atoms with Gasteiger partial charge in [-0.25, -0.2) is 4.98 Å². The minimum atomic E-state index is -0.243. The number of aryl methyl sites for hydroxylation is 1. The highest BCUT2D eigenvalue weighted by atomic mass is 16.2. The number of carbonyl (C=O) groups is 2. The van der Waals surface area contributed by atoms with E-state index in [4.69, 9.17) is 0 Å². The Morgan fingerprint density at radius 3 is 2.56 bits per heavy atom. The lowest BCUT2D eigenvalue weighted by atomic mass is 10.1. The summed E-state index contributed by atoms with van der Waals surface area (Å²) in [6.45, 7) is 6.33. The Bertz CT molecular complexity index is 894. The molecule has 0 atom stereocenters. The normalized spacial score (nSPS) is 16.3. The number of hydrogen-bond donors (Lipinski definition) is 1. The van der Waals surface area contributed by atoms with Crippen LogP contribution < -0.4 is 5.32 Å². The van der Waals surface area contributed by atoms with E-state index in [1.165, 1.54) is 0 Å². The molecule has 1 aromatic heterocycles. The van der Waals surface area contributed by atoms with Gasteiger partial charge in [-0.2, -0.15) is 0 Å².